The maximum Gasteiger partial charge on any atom is 0.0768 e. The molecule has 0 spiro atoms. The van der Waals surface area contributed by atoms with Gasteiger partial charge in [-0.1, -0.05) is 25.1 Å². The lowest BCUT2D eigenvalue weighted by molar-refractivity contribution is 0.605. The molecular weight excluding hydrogens is 196 g/mol. The molecule has 14 heavy (non-hydrogen) atoms. The first-order valence-electron chi connectivity index (χ1n) is 4.86. The summed E-state index contributed by atoms with van der Waals surface area (Å²) in [5.41, 5.74) is 7.19. The van der Waals surface area contributed by atoms with E-state index < -0.39 is 0 Å². The van der Waals surface area contributed by atoms with Crippen LogP contribution in [0.4, 0.5) is 5.69 Å². The standard InChI is InChI=1S/C11H18N2.ClH/c1-3-11(12)13(4-2)10-8-6-5-7-9-10;/h5-9,11H,3-4,12H2,1-2H3;1H. The number of anilines is 1. The van der Waals surface area contributed by atoms with E-state index in [0.29, 0.717) is 0 Å². The second kappa shape index (κ2) is 6.68. The topological polar surface area (TPSA) is 29.3 Å². The monoisotopic (exact) mass is 214 g/mol. The molecule has 0 fully saturated rings. The molecule has 0 radical (unpaired) electrons. The summed E-state index contributed by atoms with van der Waals surface area (Å²) in [4.78, 5) is 2.21. The number of halogens is 1. The van der Waals surface area contributed by atoms with Gasteiger partial charge < -0.3 is 10.6 Å². The van der Waals surface area contributed by atoms with Crippen molar-refractivity contribution in [2.75, 3.05) is 11.4 Å². The van der Waals surface area contributed by atoms with Crippen molar-refractivity contribution in [1.29, 1.82) is 0 Å². The molecule has 80 valence electrons. The highest BCUT2D eigenvalue weighted by Gasteiger charge is 2.09. The summed E-state index contributed by atoms with van der Waals surface area (Å²) in [6, 6.07) is 10.3. The second-order valence-corrected chi connectivity index (χ2v) is 3.10. The van der Waals surface area contributed by atoms with Gasteiger partial charge in [0.25, 0.3) is 0 Å². The summed E-state index contributed by atoms with van der Waals surface area (Å²) in [5.74, 6) is 0. The van der Waals surface area contributed by atoms with Gasteiger partial charge in [0.15, 0.2) is 0 Å². The number of nitrogens with zero attached hydrogens (tertiary/aromatic N) is 1. The fourth-order valence-corrected chi connectivity index (χ4v) is 1.45. The van der Waals surface area contributed by atoms with E-state index in [1.165, 1.54) is 5.69 Å². The number of hydrogen-bond donors (Lipinski definition) is 1. The summed E-state index contributed by atoms with van der Waals surface area (Å²) in [6.45, 7) is 5.19. The zero-order valence-electron chi connectivity index (χ0n) is 8.81. The zero-order chi connectivity index (χ0) is 9.68. The normalized spacial score (nSPS) is 11.6. The average molecular weight is 215 g/mol. The fraction of sp³-hybridized carbons (Fsp3) is 0.455. The molecule has 0 saturated heterocycles. The molecule has 1 unspecified atom stereocenters. The molecule has 0 aliphatic rings. The lowest BCUT2D eigenvalue weighted by Crippen LogP contribution is -2.41. The van der Waals surface area contributed by atoms with Crippen molar-refractivity contribution >= 4 is 18.1 Å². The van der Waals surface area contributed by atoms with Crippen LogP contribution in [0.2, 0.25) is 0 Å². The van der Waals surface area contributed by atoms with Crippen LogP contribution < -0.4 is 10.6 Å². The number of para-hydroxylation sites is 1. The van der Waals surface area contributed by atoms with Crippen LogP contribution in [-0.2, 0) is 0 Å². The highest BCUT2D eigenvalue weighted by molar-refractivity contribution is 5.85. The summed E-state index contributed by atoms with van der Waals surface area (Å²) < 4.78 is 0. The molecular formula is C11H19ClN2. The largest absolute Gasteiger partial charge is 0.357 e. The third-order valence-electron chi connectivity index (χ3n) is 2.25. The fourth-order valence-electron chi connectivity index (χ4n) is 1.45. The Hall–Kier alpha value is -0.730. The number of hydrogen-bond acceptors (Lipinski definition) is 2. The van der Waals surface area contributed by atoms with Gasteiger partial charge in [0.05, 0.1) is 6.17 Å². The third kappa shape index (κ3) is 3.20. The van der Waals surface area contributed by atoms with Crippen LogP contribution in [0.25, 0.3) is 0 Å². The van der Waals surface area contributed by atoms with E-state index in [-0.39, 0.29) is 18.6 Å². The van der Waals surface area contributed by atoms with Crippen molar-refractivity contribution in [3.8, 4) is 0 Å². The van der Waals surface area contributed by atoms with Crippen LogP contribution in [0.3, 0.4) is 0 Å². The van der Waals surface area contributed by atoms with E-state index in [4.69, 9.17) is 5.73 Å². The van der Waals surface area contributed by atoms with E-state index in [1.54, 1.807) is 0 Å². The molecule has 1 atom stereocenters. The molecule has 2 N–H and O–H groups in total. The molecule has 1 aromatic carbocycles. The first kappa shape index (κ1) is 13.3. The summed E-state index contributed by atoms with van der Waals surface area (Å²) in [7, 11) is 0. The molecule has 0 aromatic heterocycles. The van der Waals surface area contributed by atoms with Gasteiger partial charge in [-0.25, -0.2) is 0 Å². The van der Waals surface area contributed by atoms with Gasteiger partial charge in [0.2, 0.25) is 0 Å². The Bertz CT molecular complexity index is 238. The molecule has 0 aliphatic carbocycles. The quantitative estimate of drug-likeness (QED) is 0.781. The summed E-state index contributed by atoms with van der Waals surface area (Å²) >= 11 is 0. The predicted molar refractivity (Wildman–Crippen MR) is 65.0 cm³/mol. The van der Waals surface area contributed by atoms with E-state index in [9.17, 15) is 0 Å². The first-order chi connectivity index (χ1) is 6.29. The molecule has 0 bridgehead atoms. The van der Waals surface area contributed by atoms with Crippen LogP contribution in [0.1, 0.15) is 20.3 Å². The van der Waals surface area contributed by atoms with Gasteiger partial charge in [-0.3, -0.25) is 0 Å². The van der Waals surface area contributed by atoms with Crippen molar-refractivity contribution in [3.63, 3.8) is 0 Å². The predicted octanol–water partition coefficient (Wildman–Crippen LogP) is 2.63. The van der Waals surface area contributed by atoms with E-state index in [0.717, 1.165) is 13.0 Å². The van der Waals surface area contributed by atoms with E-state index in [2.05, 4.69) is 30.9 Å². The lowest BCUT2D eigenvalue weighted by atomic mass is 10.2. The minimum atomic E-state index is 0. The Balaban J connectivity index is 0.00000169. The van der Waals surface area contributed by atoms with Gasteiger partial charge in [-0.2, -0.15) is 0 Å². The summed E-state index contributed by atoms with van der Waals surface area (Å²) in [5, 5.41) is 0. The Kier molecular flexibility index (Phi) is 6.34. The molecule has 0 aliphatic heterocycles. The molecule has 1 rings (SSSR count). The van der Waals surface area contributed by atoms with Crippen molar-refractivity contribution in [2.24, 2.45) is 5.73 Å². The number of nitrogens with two attached hydrogens (primary N) is 1. The van der Waals surface area contributed by atoms with Crippen molar-refractivity contribution in [2.45, 2.75) is 26.4 Å². The highest BCUT2D eigenvalue weighted by Crippen LogP contribution is 2.14. The molecule has 2 nitrogen and oxygen atoms in total. The van der Waals surface area contributed by atoms with Crippen LogP contribution in [-0.4, -0.2) is 12.7 Å². The maximum atomic E-state index is 5.99. The Morgan fingerprint density at radius 1 is 1.21 bits per heavy atom. The highest BCUT2D eigenvalue weighted by atomic mass is 35.5. The molecule has 0 saturated carbocycles. The molecule has 3 heteroatoms. The Morgan fingerprint density at radius 2 is 1.79 bits per heavy atom. The van der Waals surface area contributed by atoms with Crippen LogP contribution in [0.15, 0.2) is 30.3 Å². The van der Waals surface area contributed by atoms with Crippen molar-refractivity contribution < 1.29 is 0 Å². The van der Waals surface area contributed by atoms with Crippen molar-refractivity contribution in [1.82, 2.24) is 0 Å². The van der Waals surface area contributed by atoms with E-state index in [1.807, 2.05) is 18.2 Å². The van der Waals surface area contributed by atoms with Crippen LogP contribution in [0, 0.1) is 0 Å². The maximum absolute atomic E-state index is 5.99. The zero-order valence-corrected chi connectivity index (χ0v) is 9.63. The van der Waals surface area contributed by atoms with Gasteiger partial charge in [0, 0.05) is 12.2 Å². The van der Waals surface area contributed by atoms with Gasteiger partial charge in [-0.15, -0.1) is 12.4 Å². The number of benzene rings is 1. The average Bonchev–Trinajstić information content (AvgIpc) is 2.20. The first-order valence-corrected chi connectivity index (χ1v) is 4.86. The third-order valence-corrected chi connectivity index (χ3v) is 2.25. The van der Waals surface area contributed by atoms with Crippen molar-refractivity contribution in [3.05, 3.63) is 30.3 Å². The molecule has 1 aromatic rings. The minimum Gasteiger partial charge on any atom is -0.357 e. The SMILES string of the molecule is CCC(N)N(CC)c1ccccc1.Cl. The van der Waals surface area contributed by atoms with Gasteiger partial charge in [0.1, 0.15) is 0 Å². The van der Waals surface area contributed by atoms with E-state index >= 15 is 0 Å². The second-order valence-electron chi connectivity index (χ2n) is 3.10. The van der Waals surface area contributed by atoms with Crippen LogP contribution >= 0.6 is 12.4 Å². The van der Waals surface area contributed by atoms with Gasteiger partial charge in [-0.05, 0) is 25.5 Å². The lowest BCUT2D eigenvalue weighted by Gasteiger charge is -2.29. The molecule has 0 heterocycles. The minimum absolute atomic E-state index is 0. The smallest absolute Gasteiger partial charge is 0.0768 e. The Morgan fingerprint density at radius 3 is 2.21 bits per heavy atom. The van der Waals surface area contributed by atoms with Crippen LogP contribution in [0.5, 0.6) is 0 Å². The molecule has 0 amide bonds. The number of rotatable bonds is 4. The van der Waals surface area contributed by atoms with Gasteiger partial charge >= 0.3 is 0 Å². The Labute approximate surface area is 92.5 Å². The summed E-state index contributed by atoms with van der Waals surface area (Å²) in [6.07, 6.45) is 1.11.